The van der Waals surface area contributed by atoms with E-state index < -0.39 is 24.0 Å². The Bertz CT molecular complexity index is 1400. The molecule has 39 heavy (non-hydrogen) atoms. The predicted octanol–water partition coefficient (Wildman–Crippen LogP) is 3.41. The summed E-state index contributed by atoms with van der Waals surface area (Å²) in [5, 5.41) is 16.9. The monoisotopic (exact) mass is 552 g/mol. The van der Waals surface area contributed by atoms with Gasteiger partial charge < -0.3 is 25.5 Å². The van der Waals surface area contributed by atoms with Crippen LogP contribution >= 0.6 is 12.4 Å². The number of aliphatic carboxylic acids is 1. The van der Waals surface area contributed by atoms with Crippen LogP contribution in [0.1, 0.15) is 30.9 Å². The van der Waals surface area contributed by atoms with Gasteiger partial charge in [0.15, 0.2) is 0 Å². The minimum atomic E-state index is -1.08. The Labute approximate surface area is 233 Å². The number of carbonyl (C=O) groups is 4. The predicted molar refractivity (Wildman–Crippen MR) is 153 cm³/mol. The van der Waals surface area contributed by atoms with Gasteiger partial charge in [0.25, 0.3) is 5.91 Å². The van der Waals surface area contributed by atoms with Crippen LogP contribution in [0.25, 0.3) is 10.8 Å². The topological polar surface area (TPSA) is 119 Å². The number of amides is 3. The maximum atomic E-state index is 14.1. The van der Waals surface area contributed by atoms with Gasteiger partial charge in [-0.3, -0.25) is 19.2 Å². The highest BCUT2D eigenvalue weighted by molar-refractivity contribution is 6.08. The zero-order valence-electron chi connectivity index (χ0n) is 22.1. The van der Waals surface area contributed by atoms with Crippen molar-refractivity contribution in [2.45, 2.75) is 45.3 Å². The zero-order valence-corrected chi connectivity index (χ0v) is 23.0. The normalized spacial score (nSPS) is 15.7. The van der Waals surface area contributed by atoms with Gasteiger partial charge >= 0.3 is 5.97 Å². The molecule has 3 N–H and O–H groups in total. The molecule has 0 saturated heterocycles. The van der Waals surface area contributed by atoms with Gasteiger partial charge in [-0.2, -0.15) is 0 Å². The van der Waals surface area contributed by atoms with Crippen LogP contribution in [0.5, 0.6) is 0 Å². The van der Waals surface area contributed by atoms with Crippen LogP contribution in [0.15, 0.2) is 60.7 Å². The lowest BCUT2D eigenvalue weighted by Gasteiger charge is -2.27. The van der Waals surface area contributed by atoms with Crippen molar-refractivity contribution in [3.8, 4) is 0 Å². The van der Waals surface area contributed by atoms with Crippen molar-refractivity contribution in [2.75, 3.05) is 23.4 Å². The molecule has 9 nitrogen and oxygen atoms in total. The van der Waals surface area contributed by atoms with Crippen molar-refractivity contribution in [1.82, 2.24) is 10.6 Å². The van der Waals surface area contributed by atoms with Crippen LogP contribution in [-0.2, 0) is 25.7 Å². The van der Waals surface area contributed by atoms with E-state index in [1.807, 2.05) is 43.3 Å². The third kappa shape index (κ3) is 6.38. The lowest BCUT2D eigenvalue weighted by atomic mass is 9.99. The van der Waals surface area contributed by atoms with Gasteiger partial charge in [0.1, 0.15) is 6.04 Å². The second kappa shape index (κ2) is 12.7. The number of carboxylic acids is 1. The minimum absolute atomic E-state index is 0. The average Bonchev–Trinajstić information content (AvgIpc) is 3.03. The molecule has 0 aromatic heterocycles. The number of halogens is 1. The molecule has 1 heterocycles. The molecule has 10 heteroatoms. The van der Waals surface area contributed by atoms with E-state index in [0.29, 0.717) is 11.4 Å². The van der Waals surface area contributed by atoms with Crippen molar-refractivity contribution in [3.63, 3.8) is 0 Å². The first-order valence-corrected chi connectivity index (χ1v) is 12.6. The van der Waals surface area contributed by atoms with E-state index in [1.165, 1.54) is 4.90 Å². The van der Waals surface area contributed by atoms with Gasteiger partial charge in [-0.15, -0.1) is 12.4 Å². The number of hydrogen-bond donors (Lipinski definition) is 3. The number of aryl methyl sites for hydroxylation is 1. The third-order valence-electron chi connectivity index (χ3n) is 6.98. The van der Waals surface area contributed by atoms with Crippen molar-refractivity contribution >= 4 is 58.2 Å². The van der Waals surface area contributed by atoms with E-state index in [0.717, 1.165) is 21.9 Å². The van der Waals surface area contributed by atoms with Crippen LogP contribution in [0, 0.1) is 6.92 Å². The van der Waals surface area contributed by atoms with Gasteiger partial charge in [-0.25, -0.2) is 0 Å². The molecule has 1 aliphatic heterocycles. The number of carbonyl (C=O) groups excluding carboxylic acids is 3. The van der Waals surface area contributed by atoms with Gasteiger partial charge in [0.05, 0.1) is 36.9 Å². The van der Waals surface area contributed by atoms with Crippen molar-refractivity contribution in [3.05, 3.63) is 71.8 Å². The van der Waals surface area contributed by atoms with Gasteiger partial charge in [-0.05, 0) is 54.9 Å². The van der Waals surface area contributed by atoms with Crippen molar-refractivity contribution in [2.24, 2.45) is 0 Å². The Morgan fingerprint density at radius 3 is 2.36 bits per heavy atom. The summed E-state index contributed by atoms with van der Waals surface area (Å²) >= 11 is 0. The molecule has 1 aliphatic rings. The molecule has 2 unspecified atom stereocenters. The SMILES string of the molecule is CNC(C)C(=O)NC1CN(C(=O)CCC(=O)O)c2ccccc2N(Cc2c(C)ccc3ccccc23)C1=O.Cl. The first-order valence-electron chi connectivity index (χ1n) is 12.6. The summed E-state index contributed by atoms with van der Waals surface area (Å²) < 4.78 is 0. The molecule has 0 saturated carbocycles. The molecule has 0 fully saturated rings. The Kier molecular flexibility index (Phi) is 9.66. The van der Waals surface area contributed by atoms with E-state index in [1.54, 1.807) is 43.1 Å². The number of rotatable bonds is 8. The van der Waals surface area contributed by atoms with Crippen LogP contribution < -0.4 is 20.4 Å². The molecular formula is C29H33ClN4O5. The molecular weight excluding hydrogens is 520 g/mol. The summed E-state index contributed by atoms with van der Waals surface area (Å²) in [6, 6.07) is 17.5. The standard InChI is InChI=1S/C29H32N4O5.ClH/c1-18-12-13-20-8-4-5-9-21(20)22(18)16-33-25-11-7-6-10-24(25)32(26(34)14-15-27(35)36)17-23(29(33)38)31-28(37)19(2)30-3;/h4-13,19,23,30H,14-17H2,1-3H3,(H,31,37)(H,35,36);1H. The summed E-state index contributed by atoms with van der Waals surface area (Å²) in [7, 11) is 1.65. The largest absolute Gasteiger partial charge is 0.481 e. The maximum Gasteiger partial charge on any atom is 0.303 e. The molecule has 0 spiro atoms. The summed E-state index contributed by atoms with van der Waals surface area (Å²) in [5.41, 5.74) is 2.99. The van der Waals surface area contributed by atoms with E-state index in [9.17, 15) is 19.2 Å². The molecule has 2 atom stereocenters. The summed E-state index contributed by atoms with van der Waals surface area (Å²) in [5.74, 6) is -2.25. The number of benzene rings is 3. The van der Waals surface area contributed by atoms with Crippen LogP contribution in [-0.4, -0.2) is 54.5 Å². The molecule has 0 radical (unpaired) electrons. The lowest BCUT2D eigenvalue weighted by Crippen LogP contribution is -2.55. The number of anilines is 2. The molecule has 206 valence electrons. The number of carboxylic acid groups (broad SMARTS) is 1. The molecule has 0 bridgehead atoms. The van der Waals surface area contributed by atoms with Gasteiger partial charge in [-0.1, -0.05) is 48.5 Å². The van der Waals surface area contributed by atoms with Gasteiger partial charge in [0, 0.05) is 6.42 Å². The van der Waals surface area contributed by atoms with Gasteiger partial charge in [0.2, 0.25) is 11.8 Å². The fraction of sp³-hybridized carbons (Fsp3) is 0.310. The Morgan fingerprint density at radius 2 is 1.67 bits per heavy atom. The summed E-state index contributed by atoms with van der Waals surface area (Å²) in [4.78, 5) is 54.4. The fourth-order valence-electron chi connectivity index (χ4n) is 4.68. The smallest absolute Gasteiger partial charge is 0.303 e. The highest BCUT2D eigenvalue weighted by Crippen LogP contribution is 2.36. The molecule has 3 amide bonds. The van der Waals surface area contributed by atoms with Crippen LogP contribution in [0.4, 0.5) is 11.4 Å². The van der Waals surface area contributed by atoms with E-state index in [2.05, 4.69) is 10.6 Å². The molecule has 4 rings (SSSR count). The lowest BCUT2D eigenvalue weighted by molar-refractivity contribution is -0.138. The van der Waals surface area contributed by atoms with E-state index in [4.69, 9.17) is 5.11 Å². The summed E-state index contributed by atoms with van der Waals surface area (Å²) in [6.07, 6.45) is -0.563. The number of para-hydroxylation sites is 2. The first kappa shape index (κ1) is 29.6. The van der Waals surface area contributed by atoms with Crippen molar-refractivity contribution in [1.29, 1.82) is 0 Å². The van der Waals surface area contributed by atoms with Crippen LogP contribution in [0.3, 0.4) is 0 Å². The molecule has 3 aromatic carbocycles. The second-order valence-corrected chi connectivity index (χ2v) is 9.46. The van der Waals surface area contributed by atoms with Crippen molar-refractivity contribution < 1.29 is 24.3 Å². The molecule has 0 aliphatic carbocycles. The number of likely N-dealkylation sites (N-methyl/N-ethyl adjacent to an activating group) is 1. The third-order valence-corrected chi connectivity index (χ3v) is 6.98. The maximum absolute atomic E-state index is 14.1. The number of nitrogens with one attached hydrogen (secondary N) is 2. The summed E-state index contributed by atoms with van der Waals surface area (Å²) in [6.45, 7) is 3.79. The Hall–Kier alpha value is -3.95. The second-order valence-electron chi connectivity index (χ2n) is 9.46. The zero-order chi connectivity index (χ0) is 27.4. The Balaban J connectivity index is 0.00000420. The minimum Gasteiger partial charge on any atom is -0.481 e. The Morgan fingerprint density at radius 1 is 1.00 bits per heavy atom. The number of nitrogens with zero attached hydrogens (tertiary/aromatic N) is 2. The molecule has 3 aromatic rings. The highest BCUT2D eigenvalue weighted by Gasteiger charge is 2.37. The highest BCUT2D eigenvalue weighted by atomic mass is 35.5. The van der Waals surface area contributed by atoms with Crippen LogP contribution in [0.2, 0.25) is 0 Å². The average molecular weight is 553 g/mol. The quantitative estimate of drug-likeness (QED) is 0.394. The first-order chi connectivity index (χ1) is 18.2. The fourth-order valence-corrected chi connectivity index (χ4v) is 4.68. The number of fused-ring (bicyclic) bond motifs is 2. The van der Waals surface area contributed by atoms with E-state index >= 15 is 0 Å². The number of hydrogen-bond acceptors (Lipinski definition) is 5. The van der Waals surface area contributed by atoms with E-state index in [-0.39, 0.29) is 50.2 Å².